The van der Waals surface area contributed by atoms with Crippen molar-refractivity contribution < 1.29 is 13.9 Å². The maximum Gasteiger partial charge on any atom is 0.263 e. The lowest BCUT2D eigenvalue weighted by molar-refractivity contribution is -0.135. The van der Waals surface area contributed by atoms with Crippen molar-refractivity contribution in [2.75, 3.05) is 13.1 Å². The highest BCUT2D eigenvalue weighted by molar-refractivity contribution is 6.31. The van der Waals surface area contributed by atoms with E-state index in [1.165, 1.54) is 12.1 Å². The topological polar surface area (TPSA) is 41.6 Å². The average molecular weight is 439 g/mol. The van der Waals surface area contributed by atoms with Gasteiger partial charge in [0.05, 0.1) is 0 Å². The fraction of sp³-hybridized carbons (Fsp3) is 0.409. The summed E-state index contributed by atoms with van der Waals surface area (Å²) in [5, 5.41) is 4.17. The molecule has 1 heterocycles. The van der Waals surface area contributed by atoms with Crippen molar-refractivity contribution >= 4 is 29.1 Å². The lowest BCUT2D eigenvalue weighted by atomic mass is 10.0. The van der Waals surface area contributed by atoms with Gasteiger partial charge in [-0.05, 0) is 68.7 Å². The molecule has 0 bridgehead atoms. The predicted molar refractivity (Wildman–Crippen MR) is 114 cm³/mol. The van der Waals surface area contributed by atoms with E-state index < -0.39 is 5.60 Å². The van der Waals surface area contributed by atoms with Crippen LogP contribution in [-0.2, 0) is 11.3 Å². The van der Waals surface area contributed by atoms with Crippen LogP contribution in [0, 0.1) is 5.82 Å². The molecule has 1 saturated heterocycles. The summed E-state index contributed by atoms with van der Waals surface area (Å²) in [5.74, 6) is 0.122. The van der Waals surface area contributed by atoms with Gasteiger partial charge in [-0.25, -0.2) is 4.39 Å². The van der Waals surface area contributed by atoms with Crippen molar-refractivity contribution in [1.29, 1.82) is 0 Å². The van der Waals surface area contributed by atoms with Gasteiger partial charge in [0.2, 0.25) is 0 Å². The largest absolute Gasteiger partial charge is 0.478 e. The van der Waals surface area contributed by atoms with E-state index in [0.717, 1.165) is 31.5 Å². The van der Waals surface area contributed by atoms with Crippen molar-refractivity contribution in [3.8, 4) is 5.75 Å². The molecule has 3 rings (SSSR count). The number of hydrogen-bond acceptors (Lipinski definition) is 3. The number of rotatable bonds is 6. The molecule has 0 radical (unpaired) electrons. The number of nitrogens with one attached hydrogen (secondary N) is 1. The molecular formula is C22H25Cl2FN2O2. The summed E-state index contributed by atoms with van der Waals surface area (Å²) < 4.78 is 19.1. The molecule has 2 aromatic rings. The van der Waals surface area contributed by atoms with Crippen molar-refractivity contribution in [2.24, 2.45) is 0 Å². The molecule has 0 atom stereocenters. The van der Waals surface area contributed by atoms with Crippen LogP contribution in [0.4, 0.5) is 4.39 Å². The van der Waals surface area contributed by atoms with E-state index in [1.54, 1.807) is 44.2 Å². The van der Waals surface area contributed by atoms with Gasteiger partial charge < -0.3 is 10.1 Å². The molecule has 0 aliphatic carbocycles. The van der Waals surface area contributed by atoms with Crippen LogP contribution >= 0.6 is 23.2 Å². The molecule has 1 N–H and O–H groups in total. The molecule has 1 aliphatic rings. The minimum Gasteiger partial charge on any atom is -0.478 e. The number of amides is 1. The molecule has 29 heavy (non-hydrogen) atoms. The van der Waals surface area contributed by atoms with Gasteiger partial charge in [0.1, 0.15) is 11.6 Å². The van der Waals surface area contributed by atoms with Gasteiger partial charge in [-0.2, -0.15) is 0 Å². The number of hydrogen-bond donors (Lipinski definition) is 1. The monoisotopic (exact) mass is 438 g/mol. The Bertz CT molecular complexity index is 850. The first-order valence-corrected chi connectivity index (χ1v) is 10.4. The summed E-state index contributed by atoms with van der Waals surface area (Å²) in [6.45, 7) is 5.84. The molecule has 156 valence electrons. The fourth-order valence-electron chi connectivity index (χ4n) is 3.33. The van der Waals surface area contributed by atoms with Crippen LogP contribution in [0.3, 0.4) is 0 Å². The summed E-state index contributed by atoms with van der Waals surface area (Å²) in [6.07, 6.45) is 1.67. The second-order valence-corrected chi connectivity index (χ2v) is 8.67. The summed E-state index contributed by atoms with van der Waals surface area (Å²) in [5.41, 5.74) is -0.0832. The lowest BCUT2D eigenvalue weighted by Gasteiger charge is -2.34. The van der Waals surface area contributed by atoms with E-state index in [-0.39, 0.29) is 17.8 Å². The Labute approximate surface area is 180 Å². The standard InChI is InChI=1S/C22H25Cl2FN2O2/c1-22(2,29-19-7-4-16(23)5-8-19)21(28)26-18-9-11-27(12-10-18)14-15-3-6-17(25)13-20(15)24/h3-8,13,18H,9-12,14H2,1-2H3,(H,26,28). The zero-order valence-corrected chi connectivity index (χ0v) is 18.1. The molecule has 4 nitrogen and oxygen atoms in total. The molecular weight excluding hydrogens is 414 g/mol. The van der Waals surface area contributed by atoms with Gasteiger partial charge in [0.25, 0.3) is 5.91 Å². The summed E-state index contributed by atoms with van der Waals surface area (Å²) >= 11 is 12.0. The Kier molecular flexibility index (Phi) is 7.04. The highest BCUT2D eigenvalue weighted by Crippen LogP contribution is 2.23. The highest BCUT2D eigenvalue weighted by Gasteiger charge is 2.32. The zero-order valence-electron chi connectivity index (χ0n) is 16.6. The van der Waals surface area contributed by atoms with Crippen LogP contribution in [0.1, 0.15) is 32.3 Å². The van der Waals surface area contributed by atoms with Crippen LogP contribution in [0.2, 0.25) is 10.0 Å². The third-order valence-corrected chi connectivity index (χ3v) is 5.67. The van der Waals surface area contributed by atoms with Gasteiger partial charge >= 0.3 is 0 Å². The Hall–Kier alpha value is -1.82. The normalized spacial score (nSPS) is 15.9. The van der Waals surface area contributed by atoms with E-state index in [1.807, 2.05) is 0 Å². The third kappa shape index (κ3) is 6.08. The number of benzene rings is 2. The molecule has 0 aromatic heterocycles. The first-order chi connectivity index (χ1) is 13.7. The van der Waals surface area contributed by atoms with Crippen LogP contribution in [0.25, 0.3) is 0 Å². The number of carbonyl (C=O) groups is 1. The molecule has 2 aromatic carbocycles. The molecule has 1 amide bonds. The van der Waals surface area contributed by atoms with Crippen molar-refractivity contribution in [2.45, 2.75) is 44.9 Å². The van der Waals surface area contributed by atoms with Gasteiger partial charge in [-0.3, -0.25) is 9.69 Å². The number of nitrogens with zero attached hydrogens (tertiary/aromatic N) is 1. The second-order valence-electron chi connectivity index (χ2n) is 7.83. The fourth-order valence-corrected chi connectivity index (χ4v) is 3.68. The van der Waals surface area contributed by atoms with Crippen molar-refractivity contribution in [3.05, 3.63) is 63.9 Å². The Morgan fingerprint density at radius 1 is 1.17 bits per heavy atom. The Morgan fingerprint density at radius 2 is 1.83 bits per heavy atom. The van der Waals surface area contributed by atoms with Crippen LogP contribution < -0.4 is 10.1 Å². The number of likely N-dealkylation sites (tertiary alicyclic amines) is 1. The van der Waals surface area contributed by atoms with Crippen LogP contribution in [-0.4, -0.2) is 35.5 Å². The minimum absolute atomic E-state index is 0.0931. The van der Waals surface area contributed by atoms with Crippen LogP contribution in [0.15, 0.2) is 42.5 Å². The SMILES string of the molecule is CC(C)(Oc1ccc(Cl)cc1)C(=O)NC1CCN(Cc2ccc(F)cc2Cl)CC1. The van der Waals surface area contributed by atoms with Crippen molar-refractivity contribution in [3.63, 3.8) is 0 Å². The Morgan fingerprint density at radius 3 is 2.45 bits per heavy atom. The zero-order chi connectivity index (χ0) is 21.0. The third-order valence-electron chi connectivity index (χ3n) is 5.07. The number of carbonyl (C=O) groups excluding carboxylic acids is 1. The smallest absolute Gasteiger partial charge is 0.263 e. The molecule has 7 heteroatoms. The van der Waals surface area contributed by atoms with Crippen LogP contribution in [0.5, 0.6) is 5.75 Å². The van der Waals surface area contributed by atoms with Gasteiger partial charge in [-0.1, -0.05) is 29.3 Å². The summed E-state index contributed by atoms with van der Waals surface area (Å²) in [7, 11) is 0. The molecule has 1 aliphatic heterocycles. The molecule has 0 saturated carbocycles. The molecule has 0 unspecified atom stereocenters. The number of ether oxygens (including phenoxy) is 1. The van der Waals surface area contributed by atoms with E-state index in [4.69, 9.17) is 27.9 Å². The first-order valence-electron chi connectivity index (χ1n) is 9.65. The first kappa shape index (κ1) is 21.9. The molecule has 0 spiro atoms. The number of piperidine rings is 1. The van der Waals surface area contributed by atoms with E-state index in [9.17, 15) is 9.18 Å². The second kappa shape index (κ2) is 9.33. The average Bonchev–Trinajstić information content (AvgIpc) is 2.67. The van der Waals surface area contributed by atoms with Gasteiger partial charge in [-0.15, -0.1) is 0 Å². The van der Waals surface area contributed by atoms with Crippen molar-refractivity contribution in [1.82, 2.24) is 10.2 Å². The predicted octanol–water partition coefficient (Wildman–Crippen LogP) is 5.07. The Balaban J connectivity index is 1.49. The summed E-state index contributed by atoms with van der Waals surface area (Å²) in [6, 6.07) is 11.5. The molecule has 1 fully saturated rings. The van der Waals surface area contributed by atoms with Gasteiger partial charge in [0, 0.05) is 35.7 Å². The maximum absolute atomic E-state index is 13.2. The minimum atomic E-state index is -0.993. The number of halogens is 3. The van der Waals surface area contributed by atoms with Gasteiger partial charge in [0.15, 0.2) is 5.60 Å². The summed E-state index contributed by atoms with van der Waals surface area (Å²) in [4.78, 5) is 15.0. The van der Waals surface area contributed by atoms with E-state index in [0.29, 0.717) is 22.3 Å². The lowest BCUT2D eigenvalue weighted by Crippen LogP contribution is -2.52. The van der Waals surface area contributed by atoms with E-state index in [2.05, 4.69) is 10.2 Å². The quantitative estimate of drug-likeness (QED) is 0.684. The maximum atomic E-state index is 13.2. The highest BCUT2D eigenvalue weighted by atomic mass is 35.5. The van der Waals surface area contributed by atoms with E-state index >= 15 is 0 Å².